The minimum atomic E-state index is -0.964. The number of carboxylic acid groups (broad SMARTS) is 1. The number of anilines is 1. The second kappa shape index (κ2) is 20.9. The van der Waals surface area contributed by atoms with Gasteiger partial charge in [-0.15, -0.1) is 0 Å². The number of ether oxygens (including phenoxy) is 4. The Bertz CT molecular complexity index is 1630. The number of aromatic nitrogens is 1. The molecule has 0 amide bonds. The van der Waals surface area contributed by atoms with Crippen LogP contribution >= 0.6 is 0 Å². The zero-order valence-corrected chi connectivity index (χ0v) is 31.2. The van der Waals surface area contributed by atoms with E-state index in [1.807, 2.05) is 6.92 Å². The van der Waals surface area contributed by atoms with E-state index in [1.165, 1.54) is 7.11 Å². The molecule has 2 aromatic carbocycles. The molecule has 2 heterocycles. The number of likely N-dealkylation sites (N-methyl/N-ethyl adjacent to an activating group) is 1. The average Bonchev–Trinajstić information content (AvgIpc) is 3.13. The number of phenolic OH excluding ortho intramolecular Hbond substituents is 2. The molecule has 1 aliphatic heterocycles. The summed E-state index contributed by atoms with van der Waals surface area (Å²) in [6.45, 7) is 4.39. The predicted octanol–water partition coefficient (Wildman–Crippen LogP) is 2.90. The molecule has 15 heteroatoms. The highest BCUT2D eigenvalue weighted by Crippen LogP contribution is 2.45. The van der Waals surface area contributed by atoms with Crippen molar-refractivity contribution in [2.45, 2.75) is 82.8 Å². The maximum atomic E-state index is 11.9. The van der Waals surface area contributed by atoms with Gasteiger partial charge in [0.25, 0.3) is 0 Å². The van der Waals surface area contributed by atoms with Crippen molar-refractivity contribution in [3.8, 4) is 28.7 Å². The van der Waals surface area contributed by atoms with Gasteiger partial charge in [0.2, 0.25) is 5.75 Å². The molecule has 0 radical (unpaired) electrons. The van der Waals surface area contributed by atoms with E-state index in [4.69, 9.17) is 24.7 Å². The number of benzene rings is 2. The number of carbonyl (C=O) groups is 1. The lowest BCUT2D eigenvalue weighted by molar-refractivity contribution is -0.144. The van der Waals surface area contributed by atoms with Crippen LogP contribution in [-0.4, -0.2) is 106 Å². The minimum absolute atomic E-state index is 0.0122. The first-order valence-corrected chi connectivity index (χ1v) is 18.4. The first-order valence-electron chi connectivity index (χ1n) is 18.4. The van der Waals surface area contributed by atoms with Crippen LogP contribution < -0.4 is 30.6 Å². The number of aliphatic carboxylic acids is 1. The molecule has 298 valence electrons. The third kappa shape index (κ3) is 12.3. The van der Waals surface area contributed by atoms with E-state index in [2.05, 4.69) is 15.6 Å². The van der Waals surface area contributed by atoms with Crippen LogP contribution in [0, 0.1) is 11.8 Å². The zero-order valence-electron chi connectivity index (χ0n) is 31.2. The number of nitrogens with zero attached hydrogens (tertiary/aromatic N) is 1. The molecular weight excluding hydrogens is 700 g/mol. The number of pyridine rings is 1. The number of nitrogen functional groups attached to an aromatic ring is 1. The number of phenols is 2. The molecule has 1 saturated heterocycles. The molecule has 1 fully saturated rings. The molecule has 54 heavy (non-hydrogen) atoms. The van der Waals surface area contributed by atoms with Gasteiger partial charge in [-0.1, -0.05) is 13.0 Å². The zero-order chi connectivity index (χ0) is 39.2. The standard InChI is InChI=1S/C39H56N4O11/c1-4-42-30(26(18-37(48)49)13-25-9-11-43-36(40)15-25)21-52-35-17-27(16-34(51-3)38(35)50)39-29(10-12-44)32(47)19-28(54-39)7-5-24-6-8-31(46)33(14-24)53-22-41-20-23(2)45/h6,8-9,11,14-17,23,26,28-30,32,39,41-42,44-47,50H,4-5,7,10,12-13,18-22H2,1-3H3,(H2,40,43)(H,48,49). The Labute approximate surface area is 316 Å². The normalized spacial score (nSPS) is 20.2. The number of aliphatic hydroxyl groups excluding tert-OH is 3. The summed E-state index contributed by atoms with van der Waals surface area (Å²) in [7, 11) is 1.41. The number of aromatic hydroxyl groups is 2. The van der Waals surface area contributed by atoms with Crippen molar-refractivity contribution in [1.82, 2.24) is 15.6 Å². The van der Waals surface area contributed by atoms with E-state index < -0.39 is 42.2 Å². The number of hydrogen-bond donors (Lipinski definition) is 9. The summed E-state index contributed by atoms with van der Waals surface area (Å²) in [5.41, 5.74) is 8.17. The van der Waals surface area contributed by atoms with Crippen molar-refractivity contribution < 1.29 is 54.4 Å². The molecular formula is C39H56N4O11. The van der Waals surface area contributed by atoms with Gasteiger partial charge in [-0.2, -0.15) is 0 Å². The van der Waals surface area contributed by atoms with Crippen LogP contribution in [0.5, 0.6) is 28.7 Å². The Morgan fingerprint density at radius 1 is 1.07 bits per heavy atom. The minimum Gasteiger partial charge on any atom is -0.504 e. The van der Waals surface area contributed by atoms with Gasteiger partial charge in [0.15, 0.2) is 23.0 Å². The third-order valence-electron chi connectivity index (χ3n) is 9.58. The summed E-state index contributed by atoms with van der Waals surface area (Å²) in [5.74, 6) is -1.24. The number of rotatable bonds is 22. The van der Waals surface area contributed by atoms with Crippen LogP contribution in [0.15, 0.2) is 48.7 Å². The van der Waals surface area contributed by atoms with Gasteiger partial charge in [-0.25, -0.2) is 4.98 Å². The fourth-order valence-electron chi connectivity index (χ4n) is 6.91. The highest BCUT2D eigenvalue weighted by molar-refractivity contribution is 5.67. The van der Waals surface area contributed by atoms with E-state index in [9.17, 15) is 35.4 Å². The summed E-state index contributed by atoms with van der Waals surface area (Å²) in [5, 5.41) is 68.2. The number of methoxy groups -OCH3 is 1. The SMILES string of the molecule is CCNC(COc1cc(C2OC(CCc3ccc(O)c(OCNCC(C)O)c3)CC(O)C2CCO)cc(OC)c1O)C(CC(=O)O)Cc1ccnc(N)c1. The van der Waals surface area contributed by atoms with Crippen LogP contribution in [0.25, 0.3) is 0 Å². The number of aryl methyl sites for hydroxylation is 1. The van der Waals surface area contributed by atoms with Crippen LogP contribution in [0.2, 0.25) is 0 Å². The van der Waals surface area contributed by atoms with Crippen molar-refractivity contribution in [3.63, 3.8) is 0 Å². The summed E-state index contributed by atoms with van der Waals surface area (Å²) in [4.78, 5) is 16.0. The topological polar surface area (TPSA) is 238 Å². The van der Waals surface area contributed by atoms with Gasteiger partial charge in [-0.3, -0.25) is 10.1 Å². The first kappa shape index (κ1) is 42.4. The van der Waals surface area contributed by atoms with Gasteiger partial charge in [0.05, 0.1) is 37.9 Å². The molecule has 0 saturated carbocycles. The molecule has 4 rings (SSSR count). The molecule has 7 unspecified atom stereocenters. The highest BCUT2D eigenvalue weighted by Gasteiger charge is 2.39. The van der Waals surface area contributed by atoms with Gasteiger partial charge in [-0.05, 0) is 105 Å². The molecule has 7 atom stereocenters. The number of nitrogens with two attached hydrogens (primary N) is 1. The fraction of sp³-hybridized carbons (Fsp3) is 0.538. The molecule has 3 aromatic rings. The number of nitrogens with one attached hydrogen (secondary N) is 2. The Morgan fingerprint density at radius 2 is 1.85 bits per heavy atom. The number of hydrogen-bond acceptors (Lipinski definition) is 14. The molecule has 0 aliphatic carbocycles. The Morgan fingerprint density at radius 3 is 2.54 bits per heavy atom. The van der Waals surface area contributed by atoms with Gasteiger partial charge in [0.1, 0.15) is 19.2 Å². The molecule has 0 spiro atoms. The van der Waals surface area contributed by atoms with Crippen molar-refractivity contribution >= 4 is 11.8 Å². The monoisotopic (exact) mass is 756 g/mol. The largest absolute Gasteiger partial charge is 0.504 e. The smallest absolute Gasteiger partial charge is 0.303 e. The molecule has 10 N–H and O–H groups in total. The van der Waals surface area contributed by atoms with Gasteiger partial charge in [0, 0.05) is 31.3 Å². The second-order valence-corrected chi connectivity index (χ2v) is 13.8. The lowest BCUT2D eigenvalue weighted by Crippen LogP contribution is -2.43. The van der Waals surface area contributed by atoms with Crippen molar-refractivity contribution in [3.05, 3.63) is 65.4 Å². The first-order chi connectivity index (χ1) is 25.9. The van der Waals surface area contributed by atoms with Crippen molar-refractivity contribution in [2.24, 2.45) is 11.8 Å². The second-order valence-electron chi connectivity index (χ2n) is 13.8. The van der Waals surface area contributed by atoms with Crippen LogP contribution in [0.3, 0.4) is 0 Å². The van der Waals surface area contributed by atoms with E-state index in [0.29, 0.717) is 55.9 Å². The molecule has 15 nitrogen and oxygen atoms in total. The van der Waals surface area contributed by atoms with Crippen molar-refractivity contribution in [1.29, 1.82) is 0 Å². The summed E-state index contributed by atoms with van der Waals surface area (Å²) < 4.78 is 24.0. The Balaban J connectivity index is 1.53. The maximum absolute atomic E-state index is 11.9. The quantitative estimate of drug-likeness (QED) is 0.0529. The lowest BCUT2D eigenvalue weighted by atomic mass is 9.82. The van der Waals surface area contributed by atoms with Gasteiger partial charge >= 0.3 is 5.97 Å². The van der Waals surface area contributed by atoms with Gasteiger partial charge < -0.3 is 60.6 Å². The number of carboxylic acids is 1. The maximum Gasteiger partial charge on any atom is 0.303 e. The summed E-state index contributed by atoms with van der Waals surface area (Å²) >= 11 is 0. The third-order valence-corrected chi connectivity index (χ3v) is 9.58. The Hall–Kier alpha value is -4.38. The fourth-order valence-corrected chi connectivity index (χ4v) is 6.91. The van der Waals surface area contributed by atoms with E-state index in [1.54, 1.807) is 55.6 Å². The van der Waals surface area contributed by atoms with E-state index in [-0.39, 0.29) is 61.9 Å². The molecule has 1 aromatic heterocycles. The summed E-state index contributed by atoms with van der Waals surface area (Å²) in [6.07, 6.45) is 1.10. The van der Waals surface area contributed by atoms with E-state index >= 15 is 0 Å². The Kier molecular flexibility index (Phi) is 16.4. The average molecular weight is 757 g/mol. The van der Waals surface area contributed by atoms with E-state index in [0.717, 1.165) is 11.1 Å². The highest BCUT2D eigenvalue weighted by atomic mass is 16.5. The number of aliphatic hydroxyl groups is 3. The van der Waals surface area contributed by atoms with Crippen LogP contribution in [0.1, 0.15) is 62.3 Å². The van der Waals surface area contributed by atoms with Crippen LogP contribution in [0.4, 0.5) is 5.82 Å². The predicted molar refractivity (Wildman–Crippen MR) is 201 cm³/mol. The van der Waals surface area contributed by atoms with Crippen LogP contribution in [-0.2, 0) is 22.4 Å². The van der Waals surface area contributed by atoms with Crippen molar-refractivity contribution in [2.75, 3.05) is 45.9 Å². The molecule has 0 bridgehead atoms. The lowest BCUT2D eigenvalue weighted by Gasteiger charge is -2.40. The summed E-state index contributed by atoms with van der Waals surface area (Å²) in [6, 6.07) is 11.4. The molecule has 1 aliphatic rings.